The van der Waals surface area contributed by atoms with Crippen molar-refractivity contribution in [2.75, 3.05) is 18.1 Å². The third kappa shape index (κ3) is 4.92. The summed E-state index contributed by atoms with van der Waals surface area (Å²) >= 11 is 2.07. The van der Waals surface area contributed by atoms with Gasteiger partial charge in [0, 0.05) is 6.04 Å². The second-order valence-corrected chi connectivity index (χ2v) is 5.51. The second kappa shape index (κ2) is 6.72. The summed E-state index contributed by atoms with van der Waals surface area (Å²) in [6.45, 7) is 5.87. The molecule has 2 atom stereocenters. The van der Waals surface area contributed by atoms with E-state index in [9.17, 15) is 0 Å². The van der Waals surface area contributed by atoms with E-state index in [1.807, 2.05) is 0 Å². The van der Waals surface area contributed by atoms with Gasteiger partial charge in [0.2, 0.25) is 0 Å². The zero-order valence-electron chi connectivity index (χ0n) is 9.01. The van der Waals surface area contributed by atoms with Crippen LogP contribution in [-0.2, 0) is 0 Å². The molecule has 0 spiro atoms. The molecule has 1 saturated heterocycles. The molecule has 1 heterocycles. The van der Waals surface area contributed by atoms with Crippen molar-refractivity contribution in [1.29, 1.82) is 0 Å². The zero-order valence-corrected chi connectivity index (χ0v) is 9.83. The van der Waals surface area contributed by atoms with Crippen LogP contribution in [0.15, 0.2) is 0 Å². The fraction of sp³-hybridized carbons (Fsp3) is 1.00. The Morgan fingerprint density at radius 1 is 1.46 bits per heavy atom. The maximum Gasteiger partial charge on any atom is 0.00699 e. The van der Waals surface area contributed by atoms with Gasteiger partial charge in [-0.15, -0.1) is 0 Å². The molecular formula is C11H23NS. The molecule has 2 unspecified atom stereocenters. The number of thioether (sulfide) groups is 1. The van der Waals surface area contributed by atoms with Crippen LogP contribution in [0.25, 0.3) is 0 Å². The standard InChI is InChI=1S/C11H23NS/c1-3-13-8-4-5-11-9-10(2)6-7-12-11/h10-12H,3-9H2,1-2H3. The molecule has 1 aliphatic heterocycles. The largest absolute Gasteiger partial charge is 0.314 e. The summed E-state index contributed by atoms with van der Waals surface area (Å²) in [4.78, 5) is 0. The Morgan fingerprint density at radius 3 is 3.00 bits per heavy atom. The summed E-state index contributed by atoms with van der Waals surface area (Å²) in [5.41, 5.74) is 0. The van der Waals surface area contributed by atoms with Crippen LogP contribution in [0.2, 0.25) is 0 Å². The Bertz CT molecular complexity index is 127. The summed E-state index contributed by atoms with van der Waals surface area (Å²) in [5, 5.41) is 3.62. The molecule has 0 amide bonds. The minimum absolute atomic E-state index is 0.821. The first kappa shape index (κ1) is 11.4. The molecule has 0 aromatic heterocycles. The highest BCUT2D eigenvalue weighted by molar-refractivity contribution is 7.99. The van der Waals surface area contributed by atoms with Crippen molar-refractivity contribution in [3.05, 3.63) is 0 Å². The van der Waals surface area contributed by atoms with Crippen molar-refractivity contribution in [2.24, 2.45) is 5.92 Å². The average molecular weight is 201 g/mol. The number of piperidine rings is 1. The summed E-state index contributed by atoms with van der Waals surface area (Å²) in [7, 11) is 0. The van der Waals surface area contributed by atoms with E-state index in [1.54, 1.807) is 0 Å². The highest BCUT2D eigenvalue weighted by atomic mass is 32.2. The first-order chi connectivity index (χ1) is 6.33. The Labute approximate surface area is 87.1 Å². The molecule has 78 valence electrons. The van der Waals surface area contributed by atoms with Gasteiger partial charge in [-0.2, -0.15) is 11.8 Å². The number of rotatable bonds is 5. The van der Waals surface area contributed by atoms with E-state index in [0.29, 0.717) is 0 Å². The van der Waals surface area contributed by atoms with Gasteiger partial charge in [0.1, 0.15) is 0 Å². The van der Waals surface area contributed by atoms with Crippen molar-refractivity contribution in [3.8, 4) is 0 Å². The lowest BCUT2D eigenvalue weighted by atomic mass is 9.92. The second-order valence-electron chi connectivity index (χ2n) is 4.12. The van der Waals surface area contributed by atoms with Gasteiger partial charge in [-0.1, -0.05) is 13.8 Å². The van der Waals surface area contributed by atoms with Crippen LogP contribution in [0.3, 0.4) is 0 Å². The minimum atomic E-state index is 0.821. The smallest absolute Gasteiger partial charge is 0.00699 e. The van der Waals surface area contributed by atoms with Crippen LogP contribution in [0, 0.1) is 5.92 Å². The lowest BCUT2D eigenvalue weighted by Crippen LogP contribution is -2.37. The topological polar surface area (TPSA) is 12.0 Å². The molecule has 2 heteroatoms. The summed E-state index contributed by atoms with van der Waals surface area (Å²) < 4.78 is 0. The van der Waals surface area contributed by atoms with E-state index in [-0.39, 0.29) is 0 Å². The molecule has 1 rings (SSSR count). The van der Waals surface area contributed by atoms with Crippen LogP contribution >= 0.6 is 11.8 Å². The van der Waals surface area contributed by atoms with E-state index < -0.39 is 0 Å². The molecule has 0 aromatic rings. The Morgan fingerprint density at radius 2 is 2.31 bits per heavy atom. The summed E-state index contributed by atoms with van der Waals surface area (Å²) in [6, 6.07) is 0.821. The molecule has 0 bridgehead atoms. The van der Waals surface area contributed by atoms with Crippen molar-refractivity contribution in [1.82, 2.24) is 5.32 Å². The molecule has 1 aliphatic rings. The maximum absolute atomic E-state index is 3.62. The zero-order chi connectivity index (χ0) is 9.52. The lowest BCUT2D eigenvalue weighted by Gasteiger charge is -2.28. The van der Waals surface area contributed by atoms with Gasteiger partial charge in [-0.3, -0.25) is 0 Å². The third-order valence-corrected chi connectivity index (χ3v) is 3.79. The highest BCUT2D eigenvalue weighted by Gasteiger charge is 2.17. The number of hydrogen-bond donors (Lipinski definition) is 1. The van der Waals surface area contributed by atoms with E-state index in [0.717, 1.165) is 12.0 Å². The highest BCUT2D eigenvalue weighted by Crippen LogP contribution is 2.18. The maximum atomic E-state index is 3.62. The van der Waals surface area contributed by atoms with E-state index in [1.165, 1.54) is 43.7 Å². The Balaban J connectivity index is 2.00. The predicted octanol–water partition coefficient (Wildman–Crippen LogP) is 2.91. The molecule has 0 radical (unpaired) electrons. The minimum Gasteiger partial charge on any atom is -0.314 e. The van der Waals surface area contributed by atoms with Crippen molar-refractivity contribution < 1.29 is 0 Å². The monoisotopic (exact) mass is 201 g/mol. The van der Waals surface area contributed by atoms with Gasteiger partial charge in [0.15, 0.2) is 0 Å². The van der Waals surface area contributed by atoms with Crippen molar-refractivity contribution in [2.45, 2.75) is 45.6 Å². The molecule has 0 saturated carbocycles. The molecular weight excluding hydrogens is 178 g/mol. The van der Waals surface area contributed by atoms with Crippen LogP contribution in [0.1, 0.15) is 39.5 Å². The van der Waals surface area contributed by atoms with Gasteiger partial charge in [0.25, 0.3) is 0 Å². The van der Waals surface area contributed by atoms with E-state index in [4.69, 9.17) is 0 Å². The lowest BCUT2D eigenvalue weighted by molar-refractivity contribution is 0.307. The fourth-order valence-corrected chi connectivity index (χ4v) is 2.68. The van der Waals surface area contributed by atoms with Gasteiger partial charge in [-0.25, -0.2) is 0 Å². The van der Waals surface area contributed by atoms with Crippen molar-refractivity contribution >= 4 is 11.8 Å². The Kier molecular flexibility index (Phi) is 5.88. The predicted molar refractivity (Wildman–Crippen MR) is 62.4 cm³/mol. The SMILES string of the molecule is CCSCCCC1CC(C)CCN1. The summed E-state index contributed by atoms with van der Waals surface area (Å²) in [5.74, 6) is 3.57. The van der Waals surface area contributed by atoms with Crippen molar-refractivity contribution in [3.63, 3.8) is 0 Å². The van der Waals surface area contributed by atoms with E-state index in [2.05, 4.69) is 30.9 Å². The van der Waals surface area contributed by atoms with Crippen LogP contribution in [-0.4, -0.2) is 24.1 Å². The van der Waals surface area contributed by atoms with Gasteiger partial charge in [0.05, 0.1) is 0 Å². The molecule has 1 N–H and O–H groups in total. The van der Waals surface area contributed by atoms with E-state index >= 15 is 0 Å². The quantitative estimate of drug-likeness (QED) is 0.686. The molecule has 13 heavy (non-hydrogen) atoms. The first-order valence-electron chi connectivity index (χ1n) is 5.64. The van der Waals surface area contributed by atoms with Gasteiger partial charge >= 0.3 is 0 Å². The number of hydrogen-bond acceptors (Lipinski definition) is 2. The Hall–Kier alpha value is 0.310. The average Bonchev–Trinajstić information content (AvgIpc) is 2.13. The fourth-order valence-electron chi connectivity index (χ4n) is 2.02. The molecule has 0 aromatic carbocycles. The molecule has 1 fully saturated rings. The van der Waals surface area contributed by atoms with Gasteiger partial charge < -0.3 is 5.32 Å². The number of nitrogens with one attached hydrogen (secondary N) is 1. The normalized spacial score (nSPS) is 29.1. The molecule has 1 nitrogen and oxygen atoms in total. The first-order valence-corrected chi connectivity index (χ1v) is 6.79. The van der Waals surface area contributed by atoms with Gasteiger partial charge in [-0.05, 0) is 49.7 Å². The van der Waals surface area contributed by atoms with Crippen LogP contribution in [0.5, 0.6) is 0 Å². The van der Waals surface area contributed by atoms with Crippen LogP contribution in [0.4, 0.5) is 0 Å². The third-order valence-electron chi connectivity index (χ3n) is 2.80. The summed E-state index contributed by atoms with van der Waals surface area (Å²) in [6.07, 6.45) is 5.55. The van der Waals surface area contributed by atoms with Crippen LogP contribution < -0.4 is 5.32 Å². The molecule has 0 aliphatic carbocycles.